The lowest BCUT2D eigenvalue weighted by Crippen LogP contribution is -2.46. The highest BCUT2D eigenvalue weighted by Gasteiger charge is 2.34. The molecule has 3 amide bonds. The number of carbonyl (C=O) groups excluding carboxylic acids is 3. The predicted octanol–water partition coefficient (Wildman–Crippen LogP) is 3.86. The van der Waals surface area contributed by atoms with Gasteiger partial charge in [0.2, 0.25) is 11.8 Å². The fourth-order valence-electron chi connectivity index (χ4n) is 3.70. The van der Waals surface area contributed by atoms with Gasteiger partial charge in [-0.25, -0.2) is 0 Å². The van der Waals surface area contributed by atoms with Crippen molar-refractivity contribution < 1.29 is 19.1 Å². The van der Waals surface area contributed by atoms with Crippen LogP contribution in [0.4, 0.5) is 17.1 Å². The molecule has 0 radical (unpaired) electrons. The standard InChI is InChI=1S/C25H24N4O4/c1-16(30)26-18-9-11-19(12-10-18)27-23(31)15-29-24(17-7-13-20(33-2)14-8-17)28-22-6-4-3-5-21(22)25(29)32/h3-14,24,28H,15H2,1-2H3,(H,26,30)(H,27,31)/t24-/m1/s1. The van der Waals surface area contributed by atoms with Crippen LogP contribution in [0.5, 0.6) is 5.75 Å². The van der Waals surface area contributed by atoms with E-state index in [1.807, 2.05) is 36.4 Å². The third kappa shape index (κ3) is 4.95. The van der Waals surface area contributed by atoms with Crippen molar-refractivity contribution in [2.45, 2.75) is 13.1 Å². The number of methoxy groups -OCH3 is 1. The summed E-state index contributed by atoms with van der Waals surface area (Å²) in [6.45, 7) is 1.28. The molecule has 0 bridgehead atoms. The number of para-hydroxylation sites is 1. The second kappa shape index (κ2) is 9.44. The largest absolute Gasteiger partial charge is 0.497 e. The molecule has 3 aromatic carbocycles. The molecule has 1 atom stereocenters. The molecule has 0 spiro atoms. The van der Waals surface area contributed by atoms with Crippen molar-refractivity contribution in [1.82, 2.24) is 4.90 Å². The molecule has 0 fully saturated rings. The van der Waals surface area contributed by atoms with Crippen LogP contribution in [0.1, 0.15) is 29.0 Å². The number of carbonyl (C=O) groups is 3. The van der Waals surface area contributed by atoms with E-state index in [1.54, 1.807) is 43.5 Å². The van der Waals surface area contributed by atoms with Gasteiger partial charge in [0.05, 0.1) is 12.7 Å². The summed E-state index contributed by atoms with van der Waals surface area (Å²) in [5.74, 6) is -0.0438. The summed E-state index contributed by atoms with van der Waals surface area (Å²) in [5.41, 5.74) is 3.24. The van der Waals surface area contributed by atoms with Crippen molar-refractivity contribution in [1.29, 1.82) is 0 Å². The molecule has 0 unspecified atom stereocenters. The van der Waals surface area contributed by atoms with Gasteiger partial charge in [-0.2, -0.15) is 0 Å². The molecule has 8 heteroatoms. The number of nitrogens with zero attached hydrogens (tertiary/aromatic N) is 1. The maximum absolute atomic E-state index is 13.3. The van der Waals surface area contributed by atoms with Crippen LogP contribution < -0.4 is 20.7 Å². The smallest absolute Gasteiger partial charge is 0.258 e. The Bertz CT molecular complexity index is 1180. The molecular formula is C25H24N4O4. The summed E-state index contributed by atoms with van der Waals surface area (Å²) in [6, 6.07) is 21.4. The Morgan fingerprint density at radius 2 is 1.58 bits per heavy atom. The van der Waals surface area contributed by atoms with Crippen LogP contribution in [-0.2, 0) is 9.59 Å². The molecule has 8 nitrogen and oxygen atoms in total. The summed E-state index contributed by atoms with van der Waals surface area (Å²) in [7, 11) is 1.59. The lowest BCUT2D eigenvalue weighted by Gasteiger charge is -2.37. The van der Waals surface area contributed by atoms with Crippen LogP contribution in [0, 0.1) is 0 Å². The Balaban J connectivity index is 1.55. The number of fused-ring (bicyclic) bond motifs is 1. The normalized spacial score (nSPS) is 14.7. The van der Waals surface area contributed by atoms with E-state index in [0.29, 0.717) is 28.4 Å². The fraction of sp³-hybridized carbons (Fsp3) is 0.160. The number of anilines is 3. The van der Waals surface area contributed by atoms with Crippen LogP contribution >= 0.6 is 0 Å². The number of rotatable bonds is 6. The van der Waals surface area contributed by atoms with E-state index in [2.05, 4.69) is 16.0 Å². The first-order chi connectivity index (χ1) is 15.9. The molecule has 3 N–H and O–H groups in total. The van der Waals surface area contributed by atoms with E-state index < -0.39 is 6.17 Å². The summed E-state index contributed by atoms with van der Waals surface area (Å²) >= 11 is 0. The molecule has 0 aliphatic carbocycles. The van der Waals surface area contributed by atoms with Gasteiger partial charge in [0, 0.05) is 24.0 Å². The minimum absolute atomic E-state index is 0.149. The summed E-state index contributed by atoms with van der Waals surface area (Å²) in [5, 5.41) is 8.86. The van der Waals surface area contributed by atoms with E-state index >= 15 is 0 Å². The van der Waals surface area contributed by atoms with Crippen molar-refractivity contribution in [3.8, 4) is 5.75 Å². The van der Waals surface area contributed by atoms with E-state index in [1.165, 1.54) is 11.8 Å². The minimum atomic E-state index is -0.522. The highest BCUT2D eigenvalue weighted by atomic mass is 16.5. The molecule has 4 rings (SSSR count). The number of hydrogen-bond acceptors (Lipinski definition) is 5. The van der Waals surface area contributed by atoms with Gasteiger partial charge in [0.15, 0.2) is 0 Å². The Hall–Kier alpha value is -4.33. The first-order valence-electron chi connectivity index (χ1n) is 10.4. The summed E-state index contributed by atoms with van der Waals surface area (Å²) in [6.07, 6.45) is -0.522. The Labute approximate surface area is 191 Å². The fourth-order valence-corrected chi connectivity index (χ4v) is 3.70. The molecule has 1 aliphatic heterocycles. The average Bonchev–Trinajstić information content (AvgIpc) is 2.82. The van der Waals surface area contributed by atoms with Crippen molar-refractivity contribution in [3.63, 3.8) is 0 Å². The van der Waals surface area contributed by atoms with Crippen LogP contribution in [0.15, 0.2) is 72.8 Å². The van der Waals surface area contributed by atoms with Crippen LogP contribution in [-0.4, -0.2) is 36.3 Å². The molecule has 33 heavy (non-hydrogen) atoms. The minimum Gasteiger partial charge on any atom is -0.497 e. The van der Waals surface area contributed by atoms with Gasteiger partial charge in [0.1, 0.15) is 18.5 Å². The van der Waals surface area contributed by atoms with Gasteiger partial charge in [0.25, 0.3) is 5.91 Å². The summed E-state index contributed by atoms with van der Waals surface area (Å²) in [4.78, 5) is 38.8. The molecule has 1 aliphatic rings. The lowest BCUT2D eigenvalue weighted by atomic mass is 10.0. The van der Waals surface area contributed by atoms with Gasteiger partial charge in [-0.3, -0.25) is 14.4 Å². The monoisotopic (exact) mass is 444 g/mol. The maximum Gasteiger partial charge on any atom is 0.258 e. The SMILES string of the molecule is COc1ccc([C@@H]2Nc3ccccc3C(=O)N2CC(=O)Nc2ccc(NC(C)=O)cc2)cc1. The second-order valence-corrected chi connectivity index (χ2v) is 7.61. The zero-order chi connectivity index (χ0) is 23.4. The molecular weight excluding hydrogens is 420 g/mol. The quantitative estimate of drug-likeness (QED) is 0.536. The lowest BCUT2D eigenvalue weighted by molar-refractivity contribution is -0.117. The van der Waals surface area contributed by atoms with E-state index in [4.69, 9.17) is 4.74 Å². The predicted molar refractivity (Wildman–Crippen MR) is 126 cm³/mol. The molecule has 1 heterocycles. The Morgan fingerprint density at radius 3 is 2.21 bits per heavy atom. The van der Waals surface area contributed by atoms with Gasteiger partial charge < -0.3 is 25.6 Å². The van der Waals surface area contributed by atoms with Crippen molar-refractivity contribution in [2.24, 2.45) is 0 Å². The molecule has 3 aromatic rings. The van der Waals surface area contributed by atoms with E-state index in [-0.39, 0.29) is 24.3 Å². The molecule has 168 valence electrons. The van der Waals surface area contributed by atoms with Crippen molar-refractivity contribution in [3.05, 3.63) is 83.9 Å². The first-order valence-corrected chi connectivity index (χ1v) is 10.4. The van der Waals surface area contributed by atoms with Crippen LogP contribution in [0.25, 0.3) is 0 Å². The van der Waals surface area contributed by atoms with Crippen LogP contribution in [0.2, 0.25) is 0 Å². The Kier molecular flexibility index (Phi) is 6.26. The van der Waals surface area contributed by atoms with Crippen molar-refractivity contribution in [2.75, 3.05) is 29.6 Å². The average molecular weight is 444 g/mol. The number of nitrogens with one attached hydrogen (secondary N) is 3. The number of benzene rings is 3. The summed E-state index contributed by atoms with van der Waals surface area (Å²) < 4.78 is 5.23. The number of amides is 3. The van der Waals surface area contributed by atoms with Crippen LogP contribution in [0.3, 0.4) is 0 Å². The van der Waals surface area contributed by atoms with Gasteiger partial charge >= 0.3 is 0 Å². The topological polar surface area (TPSA) is 99.8 Å². The number of ether oxygens (including phenoxy) is 1. The molecule has 0 saturated carbocycles. The van der Waals surface area contributed by atoms with E-state index in [9.17, 15) is 14.4 Å². The van der Waals surface area contributed by atoms with Gasteiger partial charge in [-0.1, -0.05) is 24.3 Å². The highest BCUT2D eigenvalue weighted by molar-refractivity contribution is 6.04. The maximum atomic E-state index is 13.3. The number of hydrogen-bond donors (Lipinski definition) is 3. The first kappa shape index (κ1) is 21.9. The van der Waals surface area contributed by atoms with Gasteiger partial charge in [-0.15, -0.1) is 0 Å². The Morgan fingerprint density at radius 1 is 0.939 bits per heavy atom. The second-order valence-electron chi connectivity index (χ2n) is 7.61. The molecule has 0 saturated heterocycles. The third-order valence-electron chi connectivity index (χ3n) is 5.26. The highest BCUT2D eigenvalue weighted by Crippen LogP contribution is 2.33. The zero-order valence-electron chi connectivity index (χ0n) is 18.3. The molecule has 0 aromatic heterocycles. The van der Waals surface area contributed by atoms with Crippen molar-refractivity contribution >= 4 is 34.8 Å². The van der Waals surface area contributed by atoms with E-state index in [0.717, 1.165) is 5.56 Å². The van der Waals surface area contributed by atoms with Gasteiger partial charge in [-0.05, 0) is 54.1 Å². The zero-order valence-corrected chi connectivity index (χ0v) is 18.3. The third-order valence-corrected chi connectivity index (χ3v) is 5.26.